The Balaban J connectivity index is 1.97. The number of carbonyl (C=O) groups excluding carboxylic acids is 2. The molecule has 1 fully saturated rings. The van der Waals surface area contributed by atoms with E-state index in [4.69, 9.17) is 9.15 Å². The lowest BCUT2D eigenvalue weighted by atomic mass is 9.85. The first-order valence-electron chi connectivity index (χ1n) is 10.5. The third kappa shape index (κ3) is 3.85. The fraction of sp³-hybridized carbons (Fsp3) is 0.231. The summed E-state index contributed by atoms with van der Waals surface area (Å²) >= 11 is 0. The number of amides is 1. The van der Waals surface area contributed by atoms with Crippen molar-refractivity contribution in [3.05, 3.63) is 88.9 Å². The summed E-state index contributed by atoms with van der Waals surface area (Å²) in [5, 5.41) is 11.4. The molecule has 4 rings (SSSR count). The van der Waals surface area contributed by atoms with Gasteiger partial charge in [-0.3, -0.25) is 14.5 Å². The highest BCUT2D eigenvalue weighted by atomic mass is 19.2. The summed E-state index contributed by atoms with van der Waals surface area (Å²) in [5.41, 5.74) is 0.486. The van der Waals surface area contributed by atoms with Gasteiger partial charge in [0.15, 0.2) is 11.6 Å². The van der Waals surface area contributed by atoms with E-state index in [1.165, 1.54) is 25.5 Å². The topological polar surface area (TPSA) is 80.0 Å². The summed E-state index contributed by atoms with van der Waals surface area (Å²) in [7, 11) is 1.42. The number of nitrogens with zero attached hydrogens (tertiary/aromatic N) is 1. The number of aliphatic hydroxyl groups excluding tert-OH is 1. The van der Waals surface area contributed by atoms with E-state index >= 15 is 0 Å². The molecule has 1 N–H and O–H groups in total. The summed E-state index contributed by atoms with van der Waals surface area (Å²) < 4.78 is 38.4. The SMILES string of the molecule is COc1ccc(C(C)(C)C)cc1/C(O)=C1\C(=O)C(=O)N(c2ccc(F)c(F)c2)C1c1ccco1. The Labute approximate surface area is 195 Å². The molecule has 2 heterocycles. The second kappa shape index (κ2) is 8.44. The van der Waals surface area contributed by atoms with Crippen LogP contribution in [0.4, 0.5) is 14.5 Å². The van der Waals surface area contributed by atoms with Crippen LogP contribution in [0.2, 0.25) is 0 Å². The molecular weight excluding hydrogens is 444 g/mol. The van der Waals surface area contributed by atoms with Crippen LogP contribution in [0.25, 0.3) is 5.76 Å². The molecule has 34 heavy (non-hydrogen) atoms. The molecule has 176 valence electrons. The summed E-state index contributed by atoms with van der Waals surface area (Å²) in [6, 6.07) is 9.95. The summed E-state index contributed by atoms with van der Waals surface area (Å²) in [6.45, 7) is 5.97. The van der Waals surface area contributed by atoms with Crippen LogP contribution in [-0.4, -0.2) is 23.9 Å². The number of Topliss-reactive ketones (excluding diaryl/α,β-unsaturated/α-hetero) is 1. The average Bonchev–Trinajstić information content (AvgIpc) is 3.41. The summed E-state index contributed by atoms with van der Waals surface area (Å²) in [6.07, 6.45) is 1.35. The van der Waals surface area contributed by atoms with Gasteiger partial charge in [-0.15, -0.1) is 0 Å². The number of ketones is 1. The summed E-state index contributed by atoms with van der Waals surface area (Å²) in [4.78, 5) is 27.2. The monoisotopic (exact) mass is 467 g/mol. The minimum absolute atomic E-state index is 0.0585. The third-order valence-corrected chi connectivity index (χ3v) is 5.76. The maximum absolute atomic E-state index is 14.0. The average molecular weight is 467 g/mol. The number of furan rings is 1. The van der Waals surface area contributed by atoms with Crippen molar-refractivity contribution in [1.82, 2.24) is 0 Å². The molecule has 2 aromatic carbocycles. The maximum Gasteiger partial charge on any atom is 0.300 e. The highest BCUT2D eigenvalue weighted by molar-refractivity contribution is 6.51. The quantitative estimate of drug-likeness (QED) is 0.312. The standard InChI is InChI=1S/C26H23F2NO5/c1-26(2,3)14-7-10-19(33-4)16(12-14)23(30)21-22(20-6-5-11-34-20)29(25(32)24(21)31)15-8-9-17(27)18(28)13-15/h5-13,22,30H,1-4H3/b23-21+. The molecule has 0 radical (unpaired) electrons. The van der Waals surface area contributed by atoms with Crippen LogP contribution >= 0.6 is 0 Å². The number of hydrogen-bond acceptors (Lipinski definition) is 5. The molecule has 8 heteroatoms. The van der Waals surface area contributed by atoms with Crippen molar-refractivity contribution < 1.29 is 32.6 Å². The minimum atomic E-state index is -1.21. The molecule has 1 atom stereocenters. The lowest BCUT2D eigenvalue weighted by Crippen LogP contribution is -2.29. The van der Waals surface area contributed by atoms with Crippen molar-refractivity contribution in [3.8, 4) is 5.75 Å². The van der Waals surface area contributed by atoms with Crippen molar-refractivity contribution in [2.75, 3.05) is 12.0 Å². The molecule has 0 saturated carbocycles. The van der Waals surface area contributed by atoms with E-state index in [1.807, 2.05) is 26.8 Å². The van der Waals surface area contributed by atoms with Gasteiger partial charge in [0.05, 0.1) is 24.5 Å². The Bertz CT molecular complexity index is 1310. The Morgan fingerprint density at radius 1 is 1.06 bits per heavy atom. The van der Waals surface area contributed by atoms with Crippen molar-refractivity contribution in [2.45, 2.75) is 32.2 Å². The molecule has 1 amide bonds. The smallest absolute Gasteiger partial charge is 0.300 e. The largest absolute Gasteiger partial charge is 0.507 e. The molecular formula is C26H23F2NO5. The predicted octanol–water partition coefficient (Wildman–Crippen LogP) is 5.49. The Morgan fingerprint density at radius 2 is 1.79 bits per heavy atom. The van der Waals surface area contributed by atoms with Crippen molar-refractivity contribution in [2.24, 2.45) is 0 Å². The van der Waals surface area contributed by atoms with Gasteiger partial charge in [0.1, 0.15) is 23.3 Å². The van der Waals surface area contributed by atoms with Gasteiger partial charge in [-0.05, 0) is 47.4 Å². The lowest BCUT2D eigenvalue weighted by molar-refractivity contribution is -0.132. The van der Waals surface area contributed by atoms with Gasteiger partial charge in [0.25, 0.3) is 11.7 Å². The van der Waals surface area contributed by atoms with Crippen LogP contribution in [-0.2, 0) is 15.0 Å². The van der Waals surface area contributed by atoms with Gasteiger partial charge in [0.2, 0.25) is 0 Å². The van der Waals surface area contributed by atoms with E-state index < -0.39 is 35.1 Å². The molecule has 0 aliphatic carbocycles. The van der Waals surface area contributed by atoms with Gasteiger partial charge in [-0.1, -0.05) is 26.8 Å². The van der Waals surface area contributed by atoms with Crippen LogP contribution in [0, 0.1) is 11.6 Å². The van der Waals surface area contributed by atoms with Crippen molar-refractivity contribution >= 4 is 23.1 Å². The molecule has 1 saturated heterocycles. The maximum atomic E-state index is 14.0. The van der Waals surface area contributed by atoms with Gasteiger partial charge < -0.3 is 14.3 Å². The number of aliphatic hydroxyl groups is 1. The number of rotatable bonds is 4. The minimum Gasteiger partial charge on any atom is -0.507 e. The van der Waals surface area contributed by atoms with E-state index in [-0.39, 0.29) is 28.0 Å². The molecule has 1 unspecified atom stereocenters. The molecule has 1 aliphatic rings. The zero-order chi connectivity index (χ0) is 24.8. The zero-order valence-corrected chi connectivity index (χ0v) is 19.1. The van der Waals surface area contributed by atoms with E-state index in [0.717, 1.165) is 22.6 Å². The number of carbonyl (C=O) groups is 2. The van der Waals surface area contributed by atoms with Gasteiger partial charge in [-0.25, -0.2) is 8.78 Å². The predicted molar refractivity (Wildman–Crippen MR) is 122 cm³/mol. The first-order chi connectivity index (χ1) is 16.0. The first kappa shape index (κ1) is 23.2. The number of methoxy groups -OCH3 is 1. The molecule has 0 spiro atoms. The molecule has 1 aliphatic heterocycles. The van der Waals surface area contributed by atoms with E-state index in [9.17, 15) is 23.5 Å². The number of ether oxygens (including phenoxy) is 1. The Hall–Kier alpha value is -3.94. The molecule has 1 aromatic heterocycles. The highest BCUT2D eigenvalue weighted by Crippen LogP contribution is 2.44. The number of anilines is 1. The van der Waals surface area contributed by atoms with Gasteiger partial charge in [0, 0.05) is 11.8 Å². The van der Waals surface area contributed by atoms with E-state index in [0.29, 0.717) is 5.75 Å². The van der Waals surface area contributed by atoms with Gasteiger partial charge in [-0.2, -0.15) is 0 Å². The fourth-order valence-corrected chi connectivity index (χ4v) is 3.95. The van der Waals surface area contributed by atoms with Crippen LogP contribution in [0.5, 0.6) is 5.75 Å². The third-order valence-electron chi connectivity index (χ3n) is 5.76. The first-order valence-corrected chi connectivity index (χ1v) is 10.5. The molecule has 0 bridgehead atoms. The van der Waals surface area contributed by atoms with Crippen LogP contribution in [0.3, 0.4) is 0 Å². The number of halogens is 2. The van der Waals surface area contributed by atoms with Crippen molar-refractivity contribution in [3.63, 3.8) is 0 Å². The highest BCUT2D eigenvalue weighted by Gasteiger charge is 2.48. The van der Waals surface area contributed by atoms with Gasteiger partial charge >= 0.3 is 0 Å². The number of benzene rings is 2. The summed E-state index contributed by atoms with van der Waals surface area (Å²) in [5.74, 6) is -4.30. The number of hydrogen-bond donors (Lipinski definition) is 1. The van der Waals surface area contributed by atoms with Crippen LogP contribution in [0.1, 0.15) is 43.7 Å². The fourth-order valence-electron chi connectivity index (χ4n) is 3.95. The van der Waals surface area contributed by atoms with E-state index in [1.54, 1.807) is 18.2 Å². The zero-order valence-electron chi connectivity index (χ0n) is 19.1. The molecule has 6 nitrogen and oxygen atoms in total. The Morgan fingerprint density at radius 3 is 2.38 bits per heavy atom. The second-order valence-electron chi connectivity index (χ2n) is 8.95. The second-order valence-corrected chi connectivity index (χ2v) is 8.95. The molecule has 3 aromatic rings. The van der Waals surface area contributed by atoms with E-state index in [2.05, 4.69) is 0 Å². The van der Waals surface area contributed by atoms with Crippen LogP contribution in [0.15, 0.2) is 64.8 Å². The lowest BCUT2D eigenvalue weighted by Gasteiger charge is -2.24. The normalized spacial score (nSPS) is 17.9. The van der Waals surface area contributed by atoms with Crippen LogP contribution < -0.4 is 9.64 Å². The Kier molecular flexibility index (Phi) is 5.77. The van der Waals surface area contributed by atoms with Crippen molar-refractivity contribution in [1.29, 1.82) is 0 Å².